The maximum Gasteiger partial charge on any atom is 0.119 e. The number of ether oxygens (including phenoxy) is 1. The first kappa shape index (κ1) is 14.8. The molecule has 3 aromatic rings. The molecule has 3 nitrogen and oxygen atoms in total. The largest absolute Gasteiger partial charge is 0.497 e. The minimum Gasteiger partial charge on any atom is -0.497 e. The van der Waals surface area contributed by atoms with E-state index >= 15 is 0 Å². The molecule has 1 aromatic heterocycles. The van der Waals surface area contributed by atoms with E-state index in [1.807, 2.05) is 6.07 Å². The molecule has 1 aliphatic rings. The van der Waals surface area contributed by atoms with Gasteiger partial charge in [-0.05, 0) is 43.2 Å². The molecule has 0 atom stereocenters. The molecule has 0 saturated heterocycles. The Morgan fingerprint density at radius 3 is 2.54 bits per heavy atom. The summed E-state index contributed by atoms with van der Waals surface area (Å²) in [5.74, 6) is 0.852. The normalized spacial score (nSPS) is 12.9. The van der Waals surface area contributed by atoms with Crippen molar-refractivity contribution in [1.29, 1.82) is 0 Å². The summed E-state index contributed by atoms with van der Waals surface area (Å²) < 4.78 is 5.46. The fourth-order valence-electron chi connectivity index (χ4n) is 3.35. The van der Waals surface area contributed by atoms with Crippen molar-refractivity contribution in [3.8, 4) is 16.9 Å². The summed E-state index contributed by atoms with van der Waals surface area (Å²) in [6.07, 6.45) is 2.07. The van der Waals surface area contributed by atoms with Crippen LogP contribution in [-0.4, -0.2) is 17.8 Å². The molecule has 0 aliphatic carbocycles. The second-order valence-corrected chi connectivity index (χ2v) is 6.26. The van der Waals surface area contributed by atoms with Crippen LogP contribution < -0.4 is 4.74 Å². The first-order valence-corrected chi connectivity index (χ1v) is 8.14. The van der Waals surface area contributed by atoms with Gasteiger partial charge in [0.05, 0.1) is 19.4 Å². The third-order valence-electron chi connectivity index (χ3n) is 4.64. The number of methoxy groups -OCH3 is 1. The number of H-pyrrole nitrogens is 1. The van der Waals surface area contributed by atoms with Crippen molar-refractivity contribution in [3.63, 3.8) is 0 Å². The molecule has 24 heavy (non-hydrogen) atoms. The van der Waals surface area contributed by atoms with Crippen molar-refractivity contribution in [1.82, 2.24) is 4.98 Å². The lowest BCUT2D eigenvalue weighted by Gasteiger charge is -2.13. The van der Waals surface area contributed by atoms with Crippen LogP contribution in [0.5, 0.6) is 5.75 Å². The molecule has 0 unspecified atom stereocenters. The molecule has 2 heterocycles. The maximum absolute atomic E-state index is 5.46. The number of benzene rings is 2. The Balaban J connectivity index is 1.97. The van der Waals surface area contributed by atoms with Crippen molar-refractivity contribution >= 4 is 5.71 Å². The smallest absolute Gasteiger partial charge is 0.119 e. The van der Waals surface area contributed by atoms with Crippen LogP contribution in [0.15, 0.2) is 53.7 Å². The Bertz CT molecular complexity index is 933. The van der Waals surface area contributed by atoms with Crippen LogP contribution in [-0.2, 0) is 6.54 Å². The van der Waals surface area contributed by atoms with E-state index in [1.165, 1.54) is 27.9 Å². The lowest BCUT2D eigenvalue weighted by atomic mass is 9.92. The summed E-state index contributed by atoms with van der Waals surface area (Å²) in [7, 11) is 1.70. The van der Waals surface area contributed by atoms with Crippen LogP contribution in [0.1, 0.15) is 27.9 Å². The molecule has 3 heteroatoms. The van der Waals surface area contributed by atoms with Gasteiger partial charge in [-0.1, -0.05) is 29.8 Å². The van der Waals surface area contributed by atoms with Gasteiger partial charge in [0.25, 0.3) is 0 Å². The number of aromatic amines is 1. The molecule has 4 rings (SSSR count). The fraction of sp³-hybridized carbons (Fsp3) is 0.190. The SMILES string of the molecule is COc1ccc2c(c1)C(c1ccc(C)cc1)=NCc1c[nH]c(C)c1-2. The average Bonchev–Trinajstić information content (AvgIpc) is 2.88. The van der Waals surface area contributed by atoms with Gasteiger partial charge in [-0.25, -0.2) is 0 Å². The van der Waals surface area contributed by atoms with Crippen molar-refractivity contribution in [2.45, 2.75) is 20.4 Å². The van der Waals surface area contributed by atoms with Crippen LogP contribution in [0.2, 0.25) is 0 Å². The van der Waals surface area contributed by atoms with Crippen LogP contribution in [0.3, 0.4) is 0 Å². The molecule has 0 saturated carbocycles. The molecule has 1 aliphatic heterocycles. The third kappa shape index (κ3) is 2.33. The van der Waals surface area contributed by atoms with Crippen LogP contribution in [0.25, 0.3) is 11.1 Å². The number of nitrogens with one attached hydrogen (secondary N) is 1. The Morgan fingerprint density at radius 1 is 1.00 bits per heavy atom. The number of aromatic nitrogens is 1. The van der Waals surface area contributed by atoms with Gasteiger partial charge >= 0.3 is 0 Å². The number of hydrogen-bond donors (Lipinski definition) is 1. The highest BCUT2D eigenvalue weighted by Gasteiger charge is 2.21. The minimum atomic E-state index is 0.680. The van der Waals surface area contributed by atoms with E-state index in [4.69, 9.17) is 9.73 Å². The molecular formula is C21H20N2O. The first-order chi connectivity index (χ1) is 11.7. The predicted octanol–water partition coefficient (Wildman–Crippen LogP) is 4.66. The first-order valence-electron chi connectivity index (χ1n) is 8.14. The van der Waals surface area contributed by atoms with Gasteiger partial charge in [-0.2, -0.15) is 0 Å². The maximum atomic E-state index is 5.46. The predicted molar refractivity (Wildman–Crippen MR) is 98.0 cm³/mol. The summed E-state index contributed by atoms with van der Waals surface area (Å²) in [5.41, 5.74) is 9.43. The van der Waals surface area contributed by atoms with Crippen molar-refractivity contribution in [2.24, 2.45) is 4.99 Å². The van der Waals surface area contributed by atoms with Gasteiger partial charge in [0.15, 0.2) is 0 Å². The van der Waals surface area contributed by atoms with Crippen molar-refractivity contribution < 1.29 is 4.74 Å². The zero-order valence-corrected chi connectivity index (χ0v) is 14.2. The van der Waals surface area contributed by atoms with Crippen LogP contribution >= 0.6 is 0 Å². The number of nitrogens with zero attached hydrogens (tertiary/aromatic N) is 1. The van der Waals surface area contributed by atoms with E-state index in [0.29, 0.717) is 6.54 Å². The third-order valence-corrected chi connectivity index (χ3v) is 4.64. The molecule has 0 radical (unpaired) electrons. The second kappa shape index (κ2) is 5.68. The van der Waals surface area contributed by atoms with E-state index in [-0.39, 0.29) is 0 Å². The second-order valence-electron chi connectivity index (χ2n) is 6.26. The van der Waals surface area contributed by atoms with Gasteiger partial charge in [-0.3, -0.25) is 4.99 Å². The highest BCUT2D eigenvalue weighted by atomic mass is 16.5. The molecule has 0 bridgehead atoms. The molecular weight excluding hydrogens is 296 g/mol. The Hall–Kier alpha value is -2.81. The lowest BCUT2D eigenvalue weighted by molar-refractivity contribution is 0.415. The monoisotopic (exact) mass is 316 g/mol. The van der Waals surface area contributed by atoms with Gasteiger partial charge in [0, 0.05) is 28.6 Å². The standard InChI is InChI=1S/C21H20N2O/c1-13-4-6-15(7-5-13)21-19-10-17(24-3)8-9-18(19)20-14(2)22-11-16(20)12-23-21/h4-11,22H,12H2,1-3H3. The van der Waals surface area contributed by atoms with Gasteiger partial charge in [0.1, 0.15) is 5.75 Å². The molecule has 0 fully saturated rings. The quantitative estimate of drug-likeness (QED) is 0.733. The highest BCUT2D eigenvalue weighted by molar-refractivity contribution is 6.17. The Labute approximate surface area is 142 Å². The van der Waals surface area contributed by atoms with E-state index in [1.54, 1.807) is 7.11 Å². The number of hydrogen-bond acceptors (Lipinski definition) is 2. The molecule has 120 valence electrons. The topological polar surface area (TPSA) is 37.4 Å². The zero-order valence-electron chi connectivity index (χ0n) is 14.2. The number of aliphatic imine (C=N–C) groups is 1. The molecule has 2 aromatic carbocycles. The molecule has 0 spiro atoms. The highest BCUT2D eigenvalue weighted by Crippen LogP contribution is 2.36. The number of aryl methyl sites for hydroxylation is 2. The molecule has 0 amide bonds. The lowest BCUT2D eigenvalue weighted by Crippen LogP contribution is -2.05. The van der Waals surface area contributed by atoms with Crippen LogP contribution in [0.4, 0.5) is 0 Å². The van der Waals surface area contributed by atoms with Gasteiger partial charge < -0.3 is 9.72 Å². The van der Waals surface area contributed by atoms with E-state index in [9.17, 15) is 0 Å². The van der Waals surface area contributed by atoms with E-state index < -0.39 is 0 Å². The fourth-order valence-corrected chi connectivity index (χ4v) is 3.35. The van der Waals surface area contributed by atoms with Crippen LogP contribution in [0, 0.1) is 13.8 Å². The van der Waals surface area contributed by atoms with Crippen molar-refractivity contribution in [2.75, 3.05) is 7.11 Å². The van der Waals surface area contributed by atoms with E-state index in [2.05, 4.69) is 61.4 Å². The summed E-state index contributed by atoms with van der Waals surface area (Å²) in [5, 5.41) is 0. The Morgan fingerprint density at radius 2 is 1.79 bits per heavy atom. The zero-order chi connectivity index (χ0) is 16.7. The van der Waals surface area contributed by atoms with E-state index in [0.717, 1.165) is 22.6 Å². The summed E-state index contributed by atoms with van der Waals surface area (Å²) in [4.78, 5) is 8.27. The molecule has 1 N–H and O–H groups in total. The van der Waals surface area contributed by atoms with Crippen molar-refractivity contribution in [3.05, 3.63) is 76.6 Å². The minimum absolute atomic E-state index is 0.680. The average molecular weight is 316 g/mol. The van der Waals surface area contributed by atoms with Gasteiger partial charge in [0.2, 0.25) is 0 Å². The summed E-state index contributed by atoms with van der Waals surface area (Å²) in [6, 6.07) is 14.8. The number of rotatable bonds is 2. The number of fused-ring (bicyclic) bond motifs is 3. The van der Waals surface area contributed by atoms with Gasteiger partial charge in [-0.15, -0.1) is 0 Å². The summed E-state index contributed by atoms with van der Waals surface area (Å²) in [6.45, 7) is 4.90. The Kier molecular flexibility index (Phi) is 3.49. The summed E-state index contributed by atoms with van der Waals surface area (Å²) >= 11 is 0.